The van der Waals surface area contributed by atoms with Crippen molar-refractivity contribution in [2.24, 2.45) is 0 Å². The lowest BCUT2D eigenvalue weighted by Gasteiger charge is -2.02. The summed E-state index contributed by atoms with van der Waals surface area (Å²) in [5, 5.41) is 0.171. The molecule has 0 atom stereocenters. The van der Waals surface area contributed by atoms with Crippen molar-refractivity contribution in [3.8, 4) is 0 Å². The SMILES string of the molecule is O=c1ncccn1Cc1ccnc(Cl)n1. The second-order valence-electron chi connectivity index (χ2n) is 2.85. The molecule has 0 spiro atoms. The van der Waals surface area contributed by atoms with Gasteiger partial charge in [-0.05, 0) is 23.7 Å². The monoisotopic (exact) mass is 222 g/mol. The lowest BCUT2D eigenvalue weighted by atomic mass is 10.4. The number of hydrogen-bond donors (Lipinski definition) is 0. The maximum Gasteiger partial charge on any atom is 0.347 e. The van der Waals surface area contributed by atoms with E-state index in [1.807, 2.05) is 0 Å². The number of nitrogens with zero attached hydrogens (tertiary/aromatic N) is 4. The Balaban J connectivity index is 2.30. The van der Waals surface area contributed by atoms with Crippen LogP contribution < -0.4 is 5.69 Å². The van der Waals surface area contributed by atoms with Gasteiger partial charge in [-0.25, -0.2) is 19.7 Å². The van der Waals surface area contributed by atoms with E-state index in [2.05, 4.69) is 15.0 Å². The first-order valence-electron chi connectivity index (χ1n) is 4.24. The van der Waals surface area contributed by atoms with E-state index in [1.54, 1.807) is 24.5 Å². The van der Waals surface area contributed by atoms with Crippen LogP contribution in [0.15, 0.2) is 35.5 Å². The third kappa shape index (κ3) is 2.38. The van der Waals surface area contributed by atoms with E-state index in [1.165, 1.54) is 10.8 Å². The highest BCUT2D eigenvalue weighted by molar-refractivity contribution is 6.28. The molecule has 0 amide bonds. The zero-order chi connectivity index (χ0) is 10.7. The molecule has 2 aromatic rings. The van der Waals surface area contributed by atoms with E-state index >= 15 is 0 Å². The fourth-order valence-corrected chi connectivity index (χ4v) is 1.30. The van der Waals surface area contributed by atoms with Gasteiger partial charge in [0, 0.05) is 18.6 Å². The maximum atomic E-state index is 11.3. The van der Waals surface area contributed by atoms with Gasteiger partial charge in [0.2, 0.25) is 5.28 Å². The van der Waals surface area contributed by atoms with Crippen LogP contribution in [0.4, 0.5) is 0 Å². The predicted molar refractivity (Wildman–Crippen MR) is 54.6 cm³/mol. The Labute approximate surface area is 90.4 Å². The Morgan fingerprint density at radius 2 is 2.20 bits per heavy atom. The van der Waals surface area contributed by atoms with Gasteiger partial charge in [0.05, 0.1) is 12.2 Å². The lowest BCUT2D eigenvalue weighted by molar-refractivity contribution is 0.708. The minimum Gasteiger partial charge on any atom is -0.293 e. The second kappa shape index (κ2) is 4.18. The van der Waals surface area contributed by atoms with Crippen molar-refractivity contribution in [3.05, 3.63) is 52.2 Å². The number of aromatic nitrogens is 4. The minimum atomic E-state index is -0.313. The van der Waals surface area contributed by atoms with Gasteiger partial charge in [0.25, 0.3) is 0 Å². The van der Waals surface area contributed by atoms with Crippen molar-refractivity contribution < 1.29 is 0 Å². The largest absolute Gasteiger partial charge is 0.347 e. The molecular weight excluding hydrogens is 216 g/mol. The molecule has 2 rings (SSSR count). The number of rotatable bonds is 2. The molecule has 0 aromatic carbocycles. The summed E-state index contributed by atoms with van der Waals surface area (Å²) in [5.41, 5.74) is 0.359. The van der Waals surface area contributed by atoms with Crippen molar-refractivity contribution in [3.63, 3.8) is 0 Å². The molecule has 15 heavy (non-hydrogen) atoms. The van der Waals surface area contributed by atoms with Crippen LogP contribution in [0.1, 0.15) is 5.69 Å². The van der Waals surface area contributed by atoms with Crippen molar-refractivity contribution in [2.45, 2.75) is 6.54 Å². The second-order valence-corrected chi connectivity index (χ2v) is 3.19. The molecule has 0 aliphatic heterocycles. The predicted octanol–water partition coefficient (Wildman–Crippen LogP) is 0.735. The van der Waals surface area contributed by atoms with Gasteiger partial charge in [0.15, 0.2) is 0 Å². The Morgan fingerprint density at radius 1 is 1.33 bits per heavy atom. The molecule has 0 fully saturated rings. The molecule has 76 valence electrons. The highest BCUT2D eigenvalue weighted by Gasteiger charge is 1.99. The first kappa shape index (κ1) is 9.79. The lowest BCUT2D eigenvalue weighted by Crippen LogP contribution is -2.22. The normalized spacial score (nSPS) is 10.2. The molecule has 2 aromatic heterocycles. The average molecular weight is 223 g/mol. The van der Waals surface area contributed by atoms with Crippen LogP contribution in [0.3, 0.4) is 0 Å². The van der Waals surface area contributed by atoms with E-state index in [0.717, 1.165) is 0 Å². The van der Waals surface area contributed by atoms with Gasteiger partial charge in [-0.3, -0.25) is 4.57 Å². The third-order valence-corrected chi connectivity index (χ3v) is 1.98. The summed E-state index contributed by atoms with van der Waals surface area (Å²) in [5.74, 6) is 0. The van der Waals surface area contributed by atoms with Crippen LogP contribution >= 0.6 is 11.6 Å². The molecule has 0 aliphatic carbocycles. The Bertz CT molecular complexity index is 525. The molecule has 0 saturated heterocycles. The molecule has 0 saturated carbocycles. The van der Waals surface area contributed by atoms with Crippen molar-refractivity contribution in [2.75, 3.05) is 0 Å². The maximum absolute atomic E-state index is 11.3. The summed E-state index contributed by atoms with van der Waals surface area (Å²) in [7, 11) is 0. The zero-order valence-corrected chi connectivity index (χ0v) is 8.42. The van der Waals surface area contributed by atoms with Crippen LogP contribution in [0.5, 0.6) is 0 Å². The summed E-state index contributed by atoms with van der Waals surface area (Å²) in [6.45, 7) is 0.342. The quantitative estimate of drug-likeness (QED) is 0.703. The number of halogens is 1. The zero-order valence-electron chi connectivity index (χ0n) is 7.67. The Hall–Kier alpha value is -1.75. The van der Waals surface area contributed by atoms with Gasteiger partial charge in [0.1, 0.15) is 0 Å². The van der Waals surface area contributed by atoms with Crippen molar-refractivity contribution in [1.29, 1.82) is 0 Å². The summed E-state index contributed by atoms with van der Waals surface area (Å²) in [6.07, 6.45) is 4.64. The van der Waals surface area contributed by atoms with Crippen LogP contribution in [-0.4, -0.2) is 19.5 Å². The van der Waals surface area contributed by atoms with Crippen LogP contribution in [0.2, 0.25) is 5.28 Å². The van der Waals surface area contributed by atoms with E-state index in [-0.39, 0.29) is 11.0 Å². The first-order chi connectivity index (χ1) is 7.25. The van der Waals surface area contributed by atoms with Crippen LogP contribution in [0, 0.1) is 0 Å². The molecule has 6 heteroatoms. The van der Waals surface area contributed by atoms with Gasteiger partial charge in [-0.15, -0.1) is 0 Å². The molecule has 2 heterocycles. The summed E-state index contributed by atoms with van der Waals surface area (Å²) < 4.78 is 1.44. The standard InChI is InChI=1S/C9H7ClN4O/c10-8-11-4-2-7(13-8)6-14-5-1-3-12-9(14)15/h1-5H,6H2. The summed E-state index contributed by atoms with van der Waals surface area (Å²) >= 11 is 5.63. The fourth-order valence-electron chi connectivity index (χ4n) is 1.14. The van der Waals surface area contributed by atoms with Gasteiger partial charge in [-0.2, -0.15) is 0 Å². The summed E-state index contributed by atoms with van der Waals surface area (Å²) in [4.78, 5) is 22.6. The fraction of sp³-hybridized carbons (Fsp3) is 0.111. The Morgan fingerprint density at radius 3 is 2.93 bits per heavy atom. The van der Waals surface area contributed by atoms with E-state index in [0.29, 0.717) is 12.2 Å². The Kier molecular flexibility index (Phi) is 2.73. The highest BCUT2D eigenvalue weighted by Crippen LogP contribution is 2.01. The van der Waals surface area contributed by atoms with Crippen molar-refractivity contribution >= 4 is 11.6 Å². The number of hydrogen-bond acceptors (Lipinski definition) is 4. The van der Waals surface area contributed by atoms with E-state index < -0.39 is 0 Å². The first-order valence-corrected chi connectivity index (χ1v) is 4.62. The molecule has 0 N–H and O–H groups in total. The molecular formula is C9H7ClN4O. The van der Waals surface area contributed by atoms with Gasteiger partial charge >= 0.3 is 5.69 Å². The molecule has 5 nitrogen and oxygen atoms in total. The van der Waals surface area contributed by atoms with Crippen LogP contribution in [0.25, 0.3) is 0 Å². The van der Waals surface area contributed by atoms with Crippen LogP contribution in [-0.2, 0) is 6.54 Å². The van der Waals surface area contributed by atoms with Gasteiger partial charge < -0.3 is 0 Å². The minimum absolute atomic E-state index is 0.171. The molecule has 0 radical (unpaired) electrons. The topological polar surface area (TPSA) is 60.7 Å². The van der Waals surface area contributed by atoms with Crippen molar-refractivity contribution in [1.82, 2.24) is 19.5 Å². The third-order valence-electron chi connectivity index (χ3n) is 1.80. The molecule has 0 unspecified atom stereocenters. The van der Waals surface area contributed by atoms with Gasteiger partial charge in [-0.1, -0.05) is 0 Å². The summed E-state index contributed by atoms with van der Waals surface area (Å²) in [6, 6.07) is 3.38. The van der Waals surface area contributed by atoms with E-state index in [9.17, 15) is 4.79 Å². The molecule has 0 aliphatic rings. The average Bonchev–Trinajstić information content (AvgIpc) is 2.22. The van der Waals surface area contributed by atoms with E-state index in [4.69, 9.17) is 11.6 Å². The molecule has 0 bridgehead atoms. The smallest absolute Gasteiger partial charge is 0.293 e. The highest BCUT2D eigenvalue weighted by atomic mass is 35.5.